The summed E-state index contributed by atoms with van der Waals surface area (Å²) in [5.41, 5.74) is 3.55. The number of aromatic nitrogens is 1. The molecule has 5 rings (SSSR count). The van der Waals surface area contributed by atoms with E-state index in [2.05, 4.69) is 34.1 Å². The number of rotatable bonds is 5. The van der Waals surface area contributed by atoms with Gasteiger partial charge in [0.15, 0.2) is 5.69 Å². The van der Waals surface area contributed by atoms with Crippen molar-refractivity contribution in [3.63, 3.8) is 0 Å². The van der Waals surface area contributed by atoms with Crippen LogP contribution in [0.3, 0.4) is 0 Å². The van der Waals surface area contributed by atoms with Gasteiger partial charge in [0.2, 0.25) is 5.91 Å². The van der Waals surface area contributed by atoms with E-state index in [1.807, 2.05) is 29.2 Å². The molecule has 0 unspecified atom stereocenters. The highest BCUT2D eigenvalue weighted by atomic mass is 16.5. The van der Waals surface area contributed by atoms with E-state index in [1.54, 1.807) is 6.92 Å². The van der Waals surface area contributed by atoms with Gasteiger partial charge in [0, 0.05) is 44.2 Å². The fourth-order valence-corrected chi connectivity index (χ4v) is 5.42. The van der Waals surface area contributed by atoms with Crippen LogP contribution in [0, 0.1) is 18.4 Å². The van der Waals surface area contributed by atoms with E-state index in [4.69, 9.17) is 16.3 Å². The molecule has 7 nitrogen and oxygen atoms in total. The van der Waals surface area contributed by atoms with E-state index in [0.717, 1.165) is 68.5 Å². The number of morpholine rings is 1. The highest BCUT2D eigenvalue weighted by Crippen LogP contribution is 2.50. The van der Waals surface area contributed by atoms with E-state index < -0.39 is 0 Å². The quantitative estimate of drug-likeness (QED) is 0.692. The van der Waals surface area contributed by atoms with Crippen LogP contribution in [0.4, 0.5) is 17.2 Å². The Morgan fingerprint density at radius 3 is 2.73 bits per heavy atom. The molecule has 2 aliphatic heterocycles. The second kappa shape index (κ2) is 9.12. The van der Waals surface area contributed by atoms with Crippen LogP contribution in [0.5, 0.6) is 0 Å². The average Bonchev–Trinajstić information content (AvgIpc) is 3.66. The first-order valence-electron chi connectivity index (χ1n) is 11.9. The lowest BCUT2D eigenvalue weighted by molar-refractivity contribution is -0.117. The maximum Gasteiger partial charge on any atom is 0.224 e. The monoisotopic (exact) mass is 445 g/mol. The van der Waals surface area contributed by atoms with Gasteiger partial charge in [-0.05, 0) is 48.6 Å². The summed E-state index contributed by atoms with van der Waals surface area (Å²) in [6.07, 6.45) is 2.32. The van der Waals surface area contributed by atoms with Gasteiger partial charge in [0.25, 0.3) is 0 Å². The van der Waals surface area contributed by atoms with Crippen molar-refractivity contribution in [3.8, 4) is 0 Å². The smallest absolute Gasteiger partial charge is 0.224 e. The first kappa shape index (κ1) is 21.9. The third kappa shape index (κ3) is 4.46. The van der Waals surface area contributed by atoms with E-state index in [0.29, 0.717) is 11.6 Å². The van der Waals surface area contributed by atoms with E-state index in [1.165, 1.54) is 0 Å². The molecule has 1 saturated carbocycles. The predicted molar refractivity (Wildman–Crippen MR) is 128 cm³/mol. The minimum atomic E-state index is -0.0194. The Morgan fingerprint density at radius 1 is 1.24 bits per heavy atom. The molecule has 0 bridgehead atoms. The van der Waals surface area contributed by atoms with Crippen LogP contribution >= 0.6 is 0 Å². The first-order valence-corrected chi connectivity index (χ1v) is 11.9. The molecule has 0 radical (unpaired) electrons. The zero-order valence-corrected chi connectivity index (χ0v) is 19.3. The summed E-state index contributed by atoms with van der Waals surface area (Å²) in [5, 5.41) is 3.69. The molecule has 3 aliphatic rings. The van der Waals surface area contributed by atoms with Crippen molar-refractivity contribution in [3.05, 3.63) is 59.1 Å². The summed E-state index contributed by atoms with van der Waals surface area (Å²) in [7, 11) is 0. The number of anilines is 2. The summed E-state index contributed by atoms with van der Waals surface area (Å²) >= 11 is 0. The third-order valence-corrected chi connectivity index (χ3v) is 7.14. The van der Waals surface area contributed by atoms with Gasteiger partial charge in [-0.1, -0.05) is 19.1 Å². The third-order valence-electron chi connectivity index (χ3n) is 7.14. The summed E-state index contributed by atoms with van der Waals surface area (Å²) in [6.45, 7) is 15.6. The van der Waals surface area contributed by atoms with Crippen molar-refractivity contribution < 1.29 is 9.53 Å². The van der Waals surface area contributed by atoms with Gasteiger partial charge in [-0.15, -0.1) is 0 Å². The molecule has 1 N–H and O–H groups in total. The Morgan fingerprint density at radius 2 is 2.03 bits per heavy atom. The van der Waals surface area contributed by atoms with Crippen molar-refractivity contribution >= 4 is 23.1 Å². The van der Waals surface area contributed by atoms with Gasteiger partial charge in [-0.25, -0.2) is 9.83 Å². The molecule has 172 valence electrons. The molecule has 1 aromatic carbocycles. The molecule has 1 aliphatic carbocycles. The van der Waals surface area contributed by atoms with Crippen molar-refractivity contribution in [2.75, 3.05) is 36.5 Å². The Balaban J connectivity index is 1.47. The van der Waals surface area contributed by atoms with E-state index in [9.17, 15) is 4.79 Å². The molecule has 7 heteroatoms. The minimum Gasteiger partial charge on any atom is -0.379 e. The summed E-state index contributed by atoms with van der Waals surface area (Å²) < 4.78 is 5.46. The Labute approximate surface area is 195 Å². The SMILES string of the molecule is [C-]#[N+]c1ccc2c(c1)[C@H](Nc1cccc(CN3CCOCC3)n1)[C@@H](C)[C@H](C1CC1)N2C(C)=O. The highest BCUT2D eigenvalue weighted by Gasteiger charge is 2.47. The number of amides is 1. The molecule has 3 atom stereocenters. The molecule has 3 heterocycles. The van der Waals surface area contributed by atoms with Crippen molar-refractivity contribution in [2.45, 2.75) is 45.3 Å². The van der Waals surface area contributed by atoms with Gasteiger partial charge in [0.05, 0.1) is 31.5 Å². The average molecular weight is 446 g/mol. The topological polar surface area (TPSA) is 62.1 Å². The van der Waals surface area contributed by atoms with Gasteiger partial charge < -0.3 is 15.0 Å². The molecule has 33 heavy (non-hydrogen) atoms. The van der Waals surface area contributed by atoms with Crippen LogP contribution in [-0.2, 0) is 16.1 Å². The van der Waals surface area contributed by atoms with Crippen molar-refractivity contribution in [1.29, 1.82) is 0 Å². The number of nitrogens with one attached hydrogen (secondary N) is 1. The highest BCUT2D eigenvalue weighted by molar-refractivity contribution is 5.94. The maximum atomic E-state index is 12.7. The van der Waals surface area contributed by atoms with E-state index >= 15 is 0 Å². The molecule has 1 saturated heterocycles. The Kier molecular flexibility index (Phi) is 6.05. The normalized spacial score (nSPS) is 25.2. The Hall–Kier alpha value is -2.95. The maximum absolute atomic E-state index is 12.7. The number of carbonyl (C=O) groups excluding carboxylic acids is 1. The summed E-state index contributed by atoms with van der Waals surface area (Å²) in [4.78, 5) is 25.6. The number of carbonyl (C=O) groups is 1. The van der Waals surface area contributed by atoms with Crippen LogP contribution in [-0.4, -0.2) is 48.1 Å². The van der Waals surface area contributed by atoms with Gasteiger partial charge in [0.1, 0.15) is 5.82 Å². The minimum absolute atomic E-state index is 0.0194. The first-order chi connectivity index (χ1) is 16.0. The molecule has 1 aromatic heterocycles. The molecule has 1 amide bonds. The lowest BCUT2D eigenvalue weighted by Crippen LogP contribution is -2.51. The molecule has 2 aromatic rings. The number of hydrogen-bond acceptors (Lipinski definition) is 5. The van der Waals surface area contributed by atoms with Crippen LogP contribution in [0.1, 0.15) is 44.0 Å². The molecule has 0 spiro atoms. The standard InChI is InChI=1S/C26H31N5O2/c1-17-25(29-24-6-4-5-21(28-24)16-30-11-13-33-14-12-30)22-15-20(27-3)9-10-23(22)31(18(2)32)26(17)19-7-8-19/h4-6,9-10,15,17,19,25-26H,7-8,11-14,16H2,1-2H3,(H,28,29)/t17-,25-,26-/m1/s1. The number of fused-ring (bicyclic) bond motifs is 1. The lowest BCUT2D eigenvalue weighted by Gasteiger charge is -2.46. The van der Waals surface area contributed by atoms with E-state index in [-0.39, 0.29) is 23.9 Å². The number of ether oxygens (including phenoxy) is 1. The molecular formula is C26H31N5O2. The van der Waals surface area contributed by atoms with Gasteiger partial charge in [-0.3, -0.25) is 9.69 Å². The molecule has 2 fully saturated rings. The van der Waals surface area contributed by atoms with Crippen LogP contribution in [0.15, 0.2) is 36.4 Å². The fraction of sp³-hybridized carbons (Fsp3) is 0.500. The summed E-state index contributed by atoms with van der Waals surface area (Å²) in [5.74, 6) is 1.63. The zero-order valence-electron chi connectivity index (χ0n) is 19.3. The van der Waals surface area contributed by atoms with Crippen molar-refractivity contribution in [1.82, 2.24) is 9.88 Å². The second-order valence-corrected chi connectivity index (χ2v) is 9.46. The Bertz CT molecular complexity index is 1070. The molecular weight excluding hydrogens is 414 g/mol. The second-order valence-electron chi connectivity index (χ2n) is 9.46. The van der Waals surface area contributed by atoms with Crippen molar-refractivity contribution in [2.24, 2.45) is 11.8 Å². The van der Waals surface area contributed by atoms with Gasteiger partial charge in [-0.2, -0.15) is 0 Å². The number of benzene rings is 1. The summed E-state index contributed by atoms with van der Waals surface area (Å²) in [6, 6.07) is 12.0. The van der Waals surface area contributed by atoms with Gasteiger partial charge >= 0.3 is 0 Å². The fourth-order valence-electron chi connectivity index (χ4n) is 5.42. The number of nitrogens with zero attached hydrogens (tertiary/aromatic N) is 4. The number of pyridine rings is 1. The lowest BCUT2D eigenvalue weighted by atomic mass is 9.79. The predicted octanol–water partition coefficient (Wildman–Crippen LogP) is 4.40. The van der Waals surface area contributed by atoms with Crippen LogP contribution in [0.25, 0.3) is 4.85 Å². The van der Waals surface area contributed by atoms with Crippen LogP contribution < -0.4 is 10.2 Å². The largest absolute Gasteiger partial charge is 0.379 e. The number of hydrogen-bond donors (Lipinski definition) is 1. The van der Waals surface area contributed by atoms with Crippen LogP contribution in [0.2, 0.25) is 0 Å². The zero-order chi connectivity index (χ0) is 22.9.